The van der Waals surface area contributed by atoms with Crippen LogP contribution in [0.15, 0.2) is 71.3 Å². The van der Waals surface area contributed by atoms with Gasteiger partial charge in [0, 0.05) is 6.54 Å². The van der Waals surface area contributed by atoms with Crippen molar-refractivity contribution in [1.82, 2.24) is 14.9 Å². The van der Waals surface area contributed by atoms with Gasteiger partial charge in [0.05, 0.1) is 29.9 Å². The molecule has 4 rings (SSSR count). The van der Waals surface area contributed by atoms with Crippen LogP contribution in [-0.4, -0.2) is 22.1 Å². The molecule has 6 heteroatoms. The topological polar surface area (TPSA) is 69.3 Å². The van der Waals surface area contributed by atoms with Gasteiger partial charge in [0.2, 0.25) is 0 Å². The first-order chi connectivity index (χ1) is 15.1. The number of rotatable bonds is 9. The van der Waals surface area contributed by atoms with E-state index in [0.717, 1.165) is 47.6 Å². The Morgan fingerprint density at radius 1 is 1.10 bits per heavy atom. The zero-order chi connectivity index (χ0) is 21.6. The summed E-state index contributed by atoms with van der Waals surface area (Å²) in [6, 6.07) is 19.2. The van der Waals surface area contributed by atoms with E-state index in [1.807, 2.05) is 43.3 Å². The number of imidazole rings is 1. The molecule has 1 atom stereocenters. The molecule has 0 saturated carbocycles. The van der Waals surface area contributed by atoms with Crippen molar-refractivity contribution >= 4 is 16.9 Å². The van der Waals surface area contributed by atoms with Crippen molar-refractivity contribution in [2.24, 2.45) is 0 Å². The molecule has 0 bridgehead atoms. The van der Waals surface area contributed by atoms with Crippen LogP contribution in [0, 0.1) is 6.92 Å². The number of carbonyl (C=O) groups excluding carboxylic acids is 1. The SMILES string of the molecule is Cc1ccccc1OCCCCn1c([C@H](C)NC(=O)c2ccco2)nc2ccccc21. The number of furan rings is 1. The van der Waals surface area contributed by atoms with Gasteiger partial charge in [0.15, 0.2) is 5.76 Å². The fraction of sp³-hybridized carbons (Fsp3) is 0.280. The number of unbranched alkanes of at least 4 members (excludes halogenated alkanes) is 1. The molecule has 2 aromatic carbocycles. The number of amides is 1. The van der Waals surface area contributed by atoms with Crippen molar-refractivity contribution in [3.8, 4) is 5.75 Å². The van der Waals surface area contributed by atoms with Crippen molar-refractivity contribution in [2.45, 2.75) is 39.3 Å². The fourth-order valence-electron chi connectivity index (χ4n) is 3.67. The lowest BCUT2D eigenvalue weighted by molar-refractivity contribution is 0.0909. The number of nitrogens with zero attached hydrogens (tertiary/aromatic N) is 2. The molecule has 1 N–H and O–H groups in total. The predicted octanol–water partition coefficient (Wildman–Crippen LogP) is 5.29. The van der Waals surface area contributed by atoms with Gasteiger partial charge in [0.1, 0.15) is 11.6 Å². The molecule has 0 spiro atoms. The fourth-order valence-corrected chi connectivity index (χ4v) is 3.67. The Labute approximate surface area is 181 Å². The minimum Gasteiger partial charge on any atom is -0.493 e. The van der Waals surface area contributed by atoms with Crippen molar-refractivity contribution in [2.75, 3.05) is 6.61 Å². The van der Waals surface area contributed by atoms with Crippen molar-refractivity contribution < 1.29 is 13.9 Å². The van der Waals surface area contributed by atoms with Crippen LogP contribution in [0.25, 0.3) is 11.0 Å². The molecule has 0 fully saturated rings. The van der Waals surface area contributed by atoms with Crippen LogP contribution in [-0.2, 0) is 6.54 Å². The summed E-state index contributed by atoms with van der Waals surface area (Å²) in [5, 5.41) is 2.99. The predicted molar refractivity (Wildman–Crippen MR) is 120 cm³/mol. The van der Waals surface area contributed by atoms with E-state index in [4.69, 9.17) is 14.1 Å². The van der Waals surface area contributed by atoms with Crippen LogP contribution in [0.1, 0.15) is 47.7 Å². The molecule has 0 aliphatic carbocycles. The van der Waals surface area contributed by atoms with Crippen LogP contribution in [0.3, 0.4) is 0 Å². The average molecular weight is 418 g/mol. The largest absolute Gasteiger partial charge is 0.493 e. The Bertz CT molecular complexity index is 1150. The number of ether oxygens (including phenoxy) is 1. The lowest BCUT2D eigenvalue weighted by Gasteiger charge is -2.16. The third-order valence-corrected chi connectivity index (χ3v) is 5.29. The van der Waals surface area contributed by atoms with Crippen molar-refractivity contribution in [3.63, 3.8) is 0 Å². The van der Waals surface area contributed by atoms with Gasteiger partial charge in [0.25, 0.3) is 5.91 Å². The molecule has 0 unspecified atom stereocenters. The zero-order valence-corrected chi connectivity index (χ0v) is 17.9. The average Bonchev–Trinajstić information content (AvgIpc) is 3.43. The van der Waals surface area contributed by atoms with E-state index < -0.39 is 0 Å². The number of benzene rings is 2. The number of nitrogens with one attached hydrogen (secondary N) is 1. The number of hydrogen-bond donors (Lipinski definition) is 1. The molecule has 1 amide bonds. The van der Waals surface area contributed by atoms with Gasteiger partial charge in [-0.1, -0.05) is 30.3 Å². The highest BCUT2D eigenvalue weighted by Gasteiger charge is 2.20. The van der Waals surface area contributed by atoms with Gasteiger partial charge < -0.3 is 19.0 Å². The van der Waals surface area contributed by atoms with Gasteiger partial charge >= 0.3 is 0 Å². The van der Waals surface area contributed by atoms with Crippen LogP contribution in [0.5, 0.6) is 5.75 Å². The Hall–Kier alpha value is -3.54. The Kier molecular flexibility index (Phi) is 6.36. The highest BCUT2D eigenvalue weighted by molar-refractivity contribution is 5.91. The summed E-state index contributed by atoms with van der Waals surface area (Å²) in [6.45, 7) is 5.46. The van der Waals surface area contributed by atoms with E-state index in [9.17, 15) is 4.79 Å². The normalized spacial score (nSPS) is 12.1. The third kappa shape index (κ3) is 4.79. The molecule has 4 aromatic rings. The maximum absolute atomic E-state index is 12.4. The molecule has 2 heterocycles. The lowest BCUT2D eigenvalue weighted by atomic mass is 10.2. The van der Waals surface area contributed by atoms with E-state index in [2.05, 4.69) is 28.9 Å². The lowest BCUT2D eigenvalue weighted by Crippen LogP contribution is -2.28. The second-order valence-electron chi connectivity index (χ2n) is 7.60. The second kappa shape index (κ2) is 9.51. The van der Waals surface area contributed by atoms with Crippen LogP contribution < -0.4 is 10.1 Å². The smallest absolute Gasteiger partial charge is 0.287 e. The minimum absolute atomic E-state index is 0.247. The minimum atomic E-state index is -0.256. The van der Waals surface area contributed by atoms with E-state index in [0.29, 0.717) is 12.4 Å². The number of fused-ring (bicyclic) bond motifs is 1. The van der Waals surface area contributed by atoms with Crippen LogP contribution in [0.4, 0.5) is 0 Å². The number of hydrogen-bond acceptors (Lipinski definition) is 4. The molecule has 160 valence electrons. The van der Waals surface area contributed by atoms with Gasteiger partial charge in [-0.15, -0.1) is 0 Å². The maximum Gasteiger partial charge on any atom is 0.287 e. The number of para-hydroxylation sites is 3. The first-order valence-electron chi connectivity index (χ1n) is 10.6. The summed E-state index contributed by atoms with van der Waals surface area (Å²) >= 11 is 0. The highest BCUT2D eigenvalue weighted by Crippen LogP contribution is 2.22. The van der Waals surface area contributed by atoms with Gasteiger partial charge in [-0.2, -0.15) is 0 Å². The second-order valence-corrected chi connectivity index (χ2v) is 7.60. The number of aryl methyl sites for hydroxylation is 2. The Morgan fingerprint density at radius 2 is 1.90 bits per heavy atom. The standard InChI is InChI=1S/C25H27N3O3/c1-18-10-3-6-13-22(18)30-16-8-7-15-28-21-12-5-4-11-20(21)27-24(28)19(2)26-25(29)23-14-9-17-31-23/h3-6,9-14,17,19H,7-8,15-16H2,1-2H3,(H,26,29)/t19-/m0/s1. The first-order valence-corrected chi connectivity index (χ1v) is 10.6. The summed E-state index contributed by atoms with van der Waals surface area (Å²) in [5.74, 6) is 1.82. The molecular formula is C25H27N3O3. The Morgan fingerprint density at radius 3 is 2.71 bits per heavy atom. The molecule has 0 radical (unpaired) electrons. The van der Waals surface area contributed by atoms with E-state index in [1.54, 1.807) is 12.1 Å². The molecular weight excluding hydrogens is 390 g/mol. The summed E-state index contributed by atoms with van der Waals surface area (Å²) in [7, 11) is 0. The number of carbonyl (C=O) groups is 1. The highest BCUT2D eigenvalue weighted by atomic mass is 16.5. The summed E-state index contributed by atoms with van der Waals surface area (Å²) in [5.41, 5.74) is 3.13. The van der Waals surface area contributed by atoms with Gasteiger partial charge in [-0.05, 0) is 62.6 Å². The quantitative estimate of drug-likeness (QED) is 0.376. The van der Waals surface area contributed by atoms with Crippen molar-refractivity contribution in [1.29, 1.82) is 0 Å². The van der Waals surface area contributed by atoms with Crippen LogP contribution >= 0.6 is 0 Å². The molecule has 0 aliphatic heterocycles. The van der Waals surface area contributed by atoms with Gasteiger partial charge in [-0.3, -0.25) is 4.79 Å². The molecule has 6 nitrogen and oxygen atoms in total. The molecule has 2 aromatic heterocycles. The molecule has 31 heavy (non-hydrogen) atoms. The summed E-state index contributed by atoms with van der Waals surface area (Å²) in [4.78, 5) is 17.2. The molecule has 0 aliphatic rings. The maximum atomic E-state index is 12.4. The summed E-state index contributed by atoms with van der Waals surface area (Å²) < 4.78 is 13.3. The molecule has 0 saturated heterocycles. The van der Waals surface area contributed by atoms with E-state index in [-0.39, 0.29) is 11.9 Å². The number of aromatic nitrogens is 2. The third-order valence-electron chi connectivity index (χ3n) is 5.29. The zero-order valence-electron chi connectivity index (χ0n) is 17.9. The van der Waals surface area contributed by atoms with E-state index >= 15 is 0 Å². The van der Waals surface area contributed by atoms with Gasteiger partial charge in [-0.25, -0.2) is 4.98 Å². The van der Waals surface area contributed by atoms with Crippen molar-refractivity contribution in [3.05, 3.63) is 84.1 Å². The first kappa shape index (κ1) is 20.7. The summed E-state index contributed by atoms with van der Waals surface area (Å²) in [6.07, 6.45) is 3.36. The Balaban J connectivity index is 1.42. The van der Waals surface area contributed by atoms with E-state index in [1.165, 1.54) is 6.26 Å². The monoisotopic (exact) mass is 417 g/mol. The van der Waals surface area contributed by atoms with Crippen LogP contribution in [0.2, 0.25) is 0 Å².